The molecule has 0 aromatic heterocycles. The molecular formula is C20H25NO3. The smallest absolute Gasteiger partial charge is 0.260 e. The molecule has 1 amide bonds. The normalized spacial score (nSPS) is 11.6. The van der Waals surface area contributed by atoms with Gasteiger partial charge in [-0.2, -0.15) is 0 Å². The molecule has 0 saturated heterocycles. The molecule has 0 aliphatic rings. The maximum Gasteiger partial charge on any atom is 0.260 e. The lowest BCUT2D eigenvalue weighted by Gasteiger charge is -2.16. The van der Waals surface area contributed by atoms with Gasteiger partial charge in [0.15, 0.2) is 17.6 Å². The molecular weight excluding hydrogens is 302 g/mol. The van der Waals surface area contributed by atoms with Crippen LogP contribution in [0.25, 0.3) is 0 Å². The molecule has 0 spiro atoms. The summed E-state index contributed by atoms with van der Waals surface area (Å²) < 4.78 is 10.9. The Morgan fingerprint density at radius 3 is 2.42 bits per heavy atom. The Morgan fingerprint density at radius 2 is 1.75 bits per heavy atom. The molecule has 0 saturated carbocycles. The second kappa shape index (κ2) is 8.96. The molecule has 0 aliphatic carbocycles. The summed E-state index contributed by atoms with van der Waals surface area (Å²) in [6, 6.07) is 15.8. The first kappa shape index (κ1) is 17.9. The van der Waals surface area contributed by atoms with Crippen molar-refractivity contribution in [2.24, 2.45) is 0 Å². The number of rotatable bonds is 8. The number of benzene rings is 2. The molecule has 2 rings (SSSR count). The van der Waals surface area contributed by atoms with E-state index in [0.29, 0.717) is 18.0 Å². The van der Waals surface area contributed by atoms with Gasteiger partial charge in [-0.05, 0) is 44.4 Å². The fourth-order valence-corrected chi connectivity index (χ4v) is 2.36. The molecule has 0 bridgehead atoms. The summed E-state index contributed by atoms with van der Waals surface area (Å²) in [4.78, 5) is 12.1. The number of nitrogens with one attached hydrogen (secondary N) is 1. The zero-order valence-corrected chi connectivity index (χ0v) is 14.5. The Kier molecular flexibility index (Phi) is 6.67. The van der Waals surface area contributed by atoms with Gasteiger partial charge >= 0.3 is 0 Å². The van der Waals surface area contributed by atoms with E-state index in [0.717, 1.165) is 12.8 Å². The molecule has 0 aliphatic heterocycles. The van der Waals surface area contributed by atoms with Gasteiger partial charge in [0.2, 0.25) is 0 Å². The average molecular weight is 327 g/mol. The van der Waals surface area contributed by atoms with Gasteiger partial charge in [-0.15, -0.1) is 0 Å². The van der Waals surface area contributed by atoms with Gasteiger partial charge in [-0.25, -0.2) is 0 Å². The number of ether oxygens (including phenoxy) is 2. The molecule has 24 heavy (non-hydrogen) atoms. The van der Waals surface area contributed by atoms with Gasteiger partial charge in [-0.1, -0.05) is 42.0 Å². The van der Waals surface area contributed by atoms with Crippen molar-refractivity contribution >= 4 is 5.91 Å². The van der Waals surface area contributed by atoms with E-state index in [1.165, 1.54) is 11.1 Å². The van der Waals surface area contributed by atoms with Crippen molar-refractivity contribution in [3.8, 4) is 11.5 Å². The number of para-hydroxylation sites is 2. The van der Waals surface area contributed by atoms with Crippen molar-refractivity contribution in [3.63, 3.8) is 0 Å². The van der Waals surface area contributed by atoms with Crippen LogP contribution in [0.4, 0.5) is 0 Å². The second-order valence-corrected chi connectivity index (χ2v) is 5.79. The third-order valence-electron chi connectivity index (χ3n) is 3.80. The zero-order chi connectivity index (χ0) is 17.4. The number of hydrogen-bond donors (Lipinski definition) is 1. The first-order valence-corrected chi connectivity index (χ1v) is 8.23. The van der Waals surface area contributed by atoms with E-state index >= 15 is 0 Å². The van der Waals surface area contributed by atoms with Crippen LogP contribution < -0.4 is 14.8 Å². The van der Waals surface area contributed by atoms with Crippen molar-refractivity contribution < 1.29 is 14.3 Å². The molecule has 4 heteroatoms. The Balaban J connectivity index is 1.74. The highest BCUT2D eigenvalue weighted by atomic mass is 16.5. The molecule has 0 heterocycles. The minimum Gasteiger partial charge on any atom is -0.493 e. The quantitative estimate of drug-likeness (QED) is 0.755. The molecule has 1 unspecified atom stereocenters. The Morgan fingerprint density at radius 1 is 1.08 bits per heavy atom. The van der Waals surface area contributed by atoms with Crippen LogP contribution in [-0.4, -0.2) is 25.7 Å². The summed E-state index contributed by atoms with van der Waals surface area (Å²) in [5.74, 6) is 1.07. The van der Waals surface area contributed by atoms with Crippen molar-refractivity contribution in [1.82, 2.24) is 5.32 Å². The first-order valence-electron chi connectivity index (χ1n) is 8.23. The highest BCUT2D eigenvalue weighted by molar-refractivity contribution is 5.80. The molecule has 2 aromatic rings. The minimum absolute atomic E-state index is 0.121. The van der Waals surface area contributed by atoms with Crippen LogP contribution in [0, 0.1) is 6.92 Å². The molecule has 2 aromatic carbocycles. The minimum atomic E-state index is -0.569. The maximum absolute atomic E-state index is 12.1. The van der Waals surface area contributed by atoms with Gasteiger partial charge in [0.25, 0.3) is 5.91 Å². The Bertz CT molecular complexity index is 652. The lowest BCUT2D eigenvalue weighted by atomic mass is 10.1. The summed E-state index contributed by atoms with van der Waals surface area (Å²) >= 11 is 0. The summed E-state index contributed by atoms with van der Waals surface area (Å²) in [6.07, 6.45) is 1.28. The van der Waals surface area contributed by atoms with E-state index in [2.05, 4.69) is 36.5 Å². The van der Waals surface area contributed by atoms with Gasteiger partial charge < -0.3 is 14.8 Å². The molecule has 1 N–H and O–H groups in total. The summed E-state index contributed by atoms with van der Waals surface area (Å²) in [5.41, 5.74) is 2.54. The Hall–Kier alpha value is -2.49. The standard InChI is InChI=1S/C20H25NO3/c1-15-10-12-17(13-11-15)7-6-14-21-20(22)16(2)24-19-9-5-4-8-18(19)23-3/h4-5,8-13,16H,6-7,14H2,1-3H3,(H,21,22). The van der Waals surface area contributed by atoms with Crippen LogP contribution in [0.15, 0.2) is 48.5 Å². The molecule has 0 radical (unpaired) electrons. The number of hydrogen-bond acceptors (Lipinski definition) is 3. The summed E-state index contributed by atoms with van der Waals surface area (Å²) in [5, 5.41) is 2.92. The van der Waals surface area contributed by atoms with E-state index in [1.54, 1.807) is 20.1 Å². The van der Waals surface area contributed by atoms with Crippen LogP contribution in [-0.2, 0) is 11.2 Å². The number of aryl methyl sites for hydroxylation is 2. The highest BCUT2D eigenvalue weighted by Crippen LogP contribution is 2.26. The van der Waals surface area contributed by atoms with Crippen LogP contribution in [0.5, 0.6) is 11.5 Å². The van der Waals surface area contributed by atoms with Crippen LogP contribution >= 0.6 is 0 Å². The molecule has 1 atom stereocenters. The van der Waals surface area contributed by atoms with Gasteiger partial charge in [-0.3, -0.25) is 4.79 Å². The molecule has 0 fully saturated rings. The van der Waals surface area contributed by atoms with Gasteiger partial charge in [0.05, 0.1) is 7.11 Å². The number of carbonyl (C=O) groups excluding carboxylic acids is 1. The van der Waals surface area contributed by atoms with E-state index in [4.69, 9.17) is 9.47 Å². The number of amides is 1. The lowest BCUT2D eigenvalue weighted by molar-refractivity contribution is -0.127. The van der Waals surface area contributed by atoms with Crippen LogP contribution in [0.3, 0.4) is 0 Å². The molecule has 4 nitrogen and oxygen atoms in total. The maximum atomic E-state index is 12.1. The fourth-order valence-electron chi connectivity index (χ4n) is 2.36. The van der Waals surface area contributed by atoms with Crippen LogP contribution in [0.1, 0.15) is 24.5 Å². The summed E-state index contributed by atoms with van der Waals surface area (Å²) in [7, 11) is 1.58. The Labute approximate surface area is 143 Å². The van der Waals surface area contributed by atoms with Crippen molar-refractivity contribution in [2.45, 2.75) is 32.8 Å². The van der Waals surface area contributed by atoms with Crippen molar-refractivity contribution in [2.75, 3.05) is 13.7 Å². The van der Waals surface area contributed by atoms with E-state index in [-0.39, 0.29) is 5.91 Å². The van der Waals surface area contributed by atoms with Gasteiger partial charge in [0.1, 0.15) is 0 Å². The third kappa shape index (κ3) is 5.30. The lowest BCUT2D eigenvalue weighted by Crippen LogP contribution is -2.37. The van der Waals surface area contributed by atoms with E-state index in [9.17, 15) is 4.79 Å². The van der Waals surface area contributed by atoms with Gasteiger partial charge in [0, 0.05) is 6.54 Å². The fraction of sp³-hybridized carbons (Fsp3) is 0.350. The largest absolute Gasteiger partial charge is 0.493 e. The first-order chi connectivity index (χ1) is 11.6. The predicted molar refractivity (Wildman–Crippen MR) is 95.6 cm³/mol. The predicted octanol–water partition coefficient (Wildman–Crippen LogP) is 3.52. The molecule has 128 valence electrons. The van der Waals surface area contributed by atoms with E-state index < -0.39 is 6.10 Å². The van der Waals surface area contributed by atoms with Crippen LogP contribution in [0.2, 0.25) is 0 Å². The van der Waals surface area contributed by atoms with Crippen molar-refractivity contribution in [3.05, 3.63) is 59.7 Å². The SMILES string of the molecule is COc1ccccc1OC(C)C(=O)NCCCc1ccc(C)cc1. The topological polar surface area (TPSA) is 47.6 Å². The average Bonchev–Trinajstić information content (AvgIpc) is 2.60. The number of methoxy groups -OCH3 is 1. The summed E-state index contributed by atoms with van der Waals surface area (Å²) in [6.45, 7) is 4.45. The second-order valence-electron chi connectivity index (χ2n) is 5.79. The number of carbonyl (C=O) groups is 1. The monoisotopic (exact) mass is 327 g/mol. The zero-order valence-electron chi connectivity index (χ0n) is 14.5. The van der Waals surface area contributed by atoms with E-state index in [1.807, 2.05) is 18.2 Å². The highest BCUT2D eigenvalue weighted by Gasteiger charge is 2.15. The van der Waals surface area contributed by atoms with Crippen molar-refractivity contribution in [1.29, 1.82) is 0 Å². The third-order valence-corrected chi connectivity index (χ3v) is 3.80.